The quantitative estimate of drug-likeness (QED) is 0.216. The Hall–Kier alpha value is -4.92. The van der Waals surface area contributed by atoms with E-state index in [9.17, 15) is 32.7 Å². The molecule has 0 heterocycles. The van der Waals surface area contributed by atoms with Gasteiger partial charge in [0.05, 0.1) is 11.1 Å². The molecule has 0 saturated heterocycles. The predicted octanol–water partition coefficient (Wildman–Crippen LogP) is 7.28. The Balaban J connectivity index is 1.68. The van der Waals surface area contributed by atoms with Gasteiger partial charge in [-0.3, -0.25) is 9.59 Å². The molecule has 4 aromatic rings. The molecule has 9 heteroatoms. The van der Waals surface area contributed by atoms with Gasteiger partial charge in [-0.05, 0) is 90.0 Å². The highest BCUT2D eigenvalue weighted by Gasteiger charge is 2.42. The molecule has 0 bridgehead atoms. The number of carbonyl (C=O) groups excluding carboxylic acids is 2. The van der Waals surface area contributed by atoms with Gasteiger partial charge in [0.25, 0.3) is 11.8 Å². The maximum atomic E-state index is 14.2. The molecule has 4 rings (SSSR count). The first-order chi connectivity index (χ1) is 19.8. The van der Waals surface area contributed by atoms with E-state index in [0.717, 1.165) is 11.1 Å². The number of alkyl halides is 3. The molecule has 3 N–H and O–H groups in total. The Morgan fingerprint density at radius 3 is 1.95 bits per heavy atom. The summed E-state index contributed by atoms with van der Waals surface area (Å²) in [5.41, 5.74) is 3.48. The summed E-state index contributed by atoms with van der Waals surface area (Å²) in [6, 6.07) is 19.6. The van der Waals surface area contributed by atoms with Gasteiger partial charge in [0, 0.05) is 18.3 Å². The smallest absolute Gasteiger partial charge is 0.399 e. The van der Waals surface area contributed by atoms with Gasteiger partial charge in [-0.25, -0.2) is 4.79 Å². The van der Waals surface area contributed by atoms with Crippen LogP contribution in [0, 0.1) is 20.8 Å². The minimum Gasteiger partial charge on any atom is -0.478 e. The molecule has 1 atom stereocenters. The SMILES string of the molecule is CNC(=O)c1cccc(-c2ccc(C(=O)O)c(C(=O)Nc3ccc(C(c4ccc(C)c(C)c4)C(F)(F)F)cc3C)c2)c1. The number of nitrogens with one attached hydrogen (secondary N) is 2. The van der Waals surface area contributed by atoms with Crippen LogP contribution in [-0.2, 0) is 0 Å². The second-order valence-electron chi connectivity index (χ2n) is 10.1. The zero-order valence-electron chi connectivity index (χ0n) is 23.4. The molecule has 0 radical (unpaired) electrons. The number of carboxylic acids is 1. The van der Waals surface area contributed by atoms with Crippen LogP contribution in [-0.4, -0.2) is 36.1 Å². The highest BCUT2D eigenvalue weighted by Crippen LogP contribution is 2.41. The molecular formula is C33H29F3N2O4. The van der Waals surface area contributed by atoms with Crippen molar-refractivity contribution in [3.63, 3.8) is 0 Å². The topological polar surface area (TPSA) is 95.5 Å². The Labute approximate surface area is 241 Å². The summed E-state index contributed by atoms with van der Waals surface area (Å²) in [5, 5.41) is 14.9. The Bertz CT molecular complexity index is 1700. The van der Waals surface area contributed by atoms with E-state index >= 15 is 0 Å². The first kappa shape index (κ1) is 30.0. The fourth-order valence-corrected chi connectivity index (χ4v) is 4.79. The van der Waals surface area contributed by atoms with Crippen molar-refractivity contribution < 1.29 is 32.7 Å². The van der Waals surface area contributed by atoms with Crippen LogP contribution in [0.15, 0.2) is 78.9 Å². The van der Waals surface area contributed by atoms with Crippen molar-refractivity contribution in [3.8, 4) is 11.1 Å². The lowest BCUT2D eigenvalue weighted by molar-refractivity contribution is -0.141. The molecule has 6 nitrogen and oxygen atoms in total. The molecule has 0 spiro atoms. The van der Waals surface area contributed by atoms with E-state index in [1.165, 1.54) is 55.6 Å². The molecule has 216 valence electrons. The number of benzene rings is 4. The van der Waals surface area contributed by atoms with Crippen LogP contribution in [0.4, 0.5) is 18.9 Å². The van der Waals surface area contributed by atoms with Gasteiger partial charge in [-0.1, -0.05) is 48.5 Å². The largest absolute Gasteiger partial charge is 0.478 e. The number of rotatable bonds is 7. The van der Waals surface area contributed by atoms with Crippen LogP contribution in [0.5, 0.6) is 0 Å². The number of carboxylic acid groups (broad SMARTS) is 1. The van der Waals surface area contributed by atoms with Crippen LogP contribution >= 0.6 is 0 Å². The molecule has 42 heavy (non-hydrogen) atoms. The van der Waals surface area contributed by atoms with Gasteiger partial charge in [-0.15, -0.1) is 0 Å². The van der Waals surface area contributed by atoms with Crippen molar-refractivity contribution in [1.29, 1.82) is 0 Å². The van der Waals surface area contributed by atoms with Crippen LogP contribution in [0.2, 0.25) is 0 Å². The summed E-state index contributed by atoms with van der Waals surface area (Å²) in [6.07, 6.45) is -4.55. The minimum atomic E-state index is -4.55. The van der Waals surface area contributed by atoms with Crippen molar-refractivity contribution in [2.75, 3.05) is 12.4 Å². The summed E-state index contributed by atoms with van der Waals surface area (Å²) in [6.45, 7) is 5.16. The molecule has 0 saturated carbocycles. The summed E-state index contributed by atoms with van der Waals surface area (Å²) in [4.78, 5) is 37.3. The van der Waals surface area contributed by atoms with Gasteiger partial charge in [0.2, 0.25) is 0 Å². The van der Waals surface area contributed by atoms with Crippen LogP contribution < -0.4 is 10.6 Å². The van der Waals surface area contributed by atoms with E-state index in [2.05, 4.69) is 10.6 Å². The second-order valence-corrected chi connectivity index (χ2v) is 10.1. The van der Waals surface area contributed by atoms with Crippen LogP contribution in [0.25, 0.3) is 11.1 Å². The maximum Gasteiger partial charge on any atom is 0.399 e. The fraction of sp³-hybridized carbons (Fsp3) is 0.182. The number of aryl methyl sites for hydroxylation is 3. The predicted molar refractivity (Wildman–Crippen MR) is 155 cm³/mol. The van der Waals surface area contributed by atoms with E-state index in [4.69, 9.17) is 0 Å². The molecule has 4 aromatic carbocycles. The van der Waals surface area contributed by atoms with Gasteiger partial charge in [0.15, 0.2) is 0 Å². The number of hydrogen-bond acceptors (Lipinski definition) is 3. The van der Waals surface area contributed by atoms with Gasteiger partial charge >= 0.3 is 12.1 Å². The molecule has 0 fully saturated rings. The van der Waals surface area contributed by atoms with Gasteiger partial charge < -0.3 is 15.7 Å². The fourth-order valence-electron chi connectivity index (χ4n) is 4.79. The number of amides is 2. The lowest BCUT2D eigenvalue weighted by atomic mass is 9.88. The number of carbonyl (C=O) groups is 3. The average Bonchev–Trinajstić information content (AvgIpc) is 2.95. The van der Waals surface area contributed by atoms with Crippen molar-refractivity contribution in [3.05, 3.63) is 123 Å². The van der Waals surface area contributed by atoms with E-state index in [1.807, 2.05) is 6.92 Å². The Morgan fingerprint density at radius 1 is 0.714 bits per heavy atom. The van der Waals surface area contributed by atoms with Gasteiger partial charge in [-0.2, -0.15) is 13.2 Å². The summed E-state index contributed by atoms with van der Waals surface area (Å²) in [7, 11) is 1.50. The Morgan fingerprint density at radius 2 is 1.36 bits per heavy atom. The second kappa shape index (κ2) is 11.9. The number of hydrogen-bond donors (Lipinski definition) is 3. The standard InChI is InChI=1S/C33H29F3N2O4/c1-18-8-9-23(14-19(18)2)29(33(34,35)36)24-11-13-28(20(3)15-24)38-31(40)27-17-22(10-12-26(27)32(41)42)21-6-5-7-25(16-21)30(39)37-4/h5-17,29H,1-4H3,(H,37,39)(H,38,40)(H,41,42). The first-order valence-corrected chi connectivity index (χ1v) is 13.1. The molecule has 0 aliphatic heterocycles. The third-order valence-electron chi connectivity index (χ3n) is 7.20. The highest BCUT2D eigenvalue weighted by molar-refractivity contribution is 6.11. The number of aromatic carboxylic acids is 1. The number of halogens is 3. The minimum absolute atomic E-state index is 0.0190. The third kappa shape index (κ3) is 6.35. The Kier molecular flexibility index (Phi) is 8.51. The molecular weight excluding hydrogens is 545 g/mol. The van der Waals surface area contributed by atoms with Crippen molar-refractivity contribution in [2.24, 2.45) is 0 Å². The lowest BCUT2D eigenvalue weighted by Crippen LogP contribution is -2.22. The lowest BCUT2D eigenvalue weighted by Gasteiger charge is -2.23. The van der Waals surface area contributed by atoms with E-state index in [1.54, 1.807) is 44.2 Å². The highest BCUT2D eigenvalue weighted by atomic mass is 19.4. The van der Waals surface area contributed by atoms with Crippen LogP contribution in [0.3, 0.4) is 0 Å². The van der Waals surface area contributed by atoms with E-state index in [-0.39, 0.29) is 33.8 Å². The summed E-state index contributed by atoms with van der Waals surface area (Å²) < 4.78 is 42.7. The molecule has 1 unspecified atom stereocenters. The number of anilines is 1. The molecule has 0 aliphatic carbocycles. The molecule has 2 amide bonds. The van der Waals surface area contributed by atoms with Gasteiger partial charge in [0.1, 0.15) is 5.92 Å². The zero-order chi connectivity index (χ0) is 30.8. The van der Waals surface area contributed by atoms with E-state index in [0.29, 0.717) is 22.3 Å². The average molecular weight is 575 g/mol. The monoisotopic (exact) mass is 574 g/mol. The van der Waals surface area contributed by atoms with Crippen molar-refractivity contribution >= 4 is 23.5 Å². The van der Waals surface area contributed by atoms with Crippen molar-refractivity contribution in [2.45, 2.75) is 32.9 Å². The van der Waals surface area contributed by atoms with Crippen LogP contribution in [0.1, 0.15) is 64.8 Å². The first-order valence-electron chi connectivity index (χ1n) is 13.1. The summed E-state index contributed by atoms with van der Waals surface area (Å²) in [5.74, 6) is -4.23. The van der Waals surface area contributed by atoms with E-state index < -0.39 is 24.0 Å². The van der Waals surface area contributed by atoms with Crippen molar-refractivity contribution in [1.82, 2.24) is 5.32 Å². The maximum absolute atomic E-state index is 14.2. The normalized spacial score (nSPS) is 12.0. The summed E-state index contributed by atoms with van der Waals surface area (Å²) >= 11 is 0. The molecule has 0 aromatic heterocycles. The third-order valence-corrected chi connectivity index (χ3v) is 7.20. The molecule has 0 aliphatic rings. The zero-order valence-corrected chi connectivity index (χ0v) is 23.4.